The SMILES string of the molecule is c1ccc(-c2nc(-c3ccccc3)nc(-c3ccccc3-c3ccc(-c4ccc5c(c4)oc4cc6ccccc6cc45)cc3)n2)cc1. The highest BCUT2D eigenvalue weighted by Gasteiger charge is 2.16. The molecule has 0 atom stereocenters. The van der Waals surface area contributed by atoms with E-state index in [2.05, 4.69) is 97.1 Å². The smallest absolute Gasteiger partial charge is 0.164 e. The Kier molecular flexibility index (Phi) is 6.43. The molecule has 0 unspecified atom stereocenters. The van der Waals surface area contributed by atoms with Crippen LogP contribution in [0.5, 0.6) is 0 Å². The zero-order chi connectivity index (χ0) is 31.2. The molecule has 0 bridgehead atoms. The molecule has 0 saturated heterocycles. The lowest BCUT2D eigenvalue weighted by atomic mass is 9.96. The van der Waals surface area contributed by atoms with Crippen LogP contribution in [0.1, 0.15) is 0 Å². The van der Waals surface area contributed by atoms with Gasteiger partial charge in [-0.2, -0.15) is 0 Å². The number of hydrogen-bond acceptors (Lipinski definition) is 4. The first kappa shape index (κ1) is 27.0. The summed E-state index contributed by atoms with van der Waals surface area (Å²) in [5, 5.41) is 4.66. The van der Waals surface area contributed by atoms with Crippen molar-refractivity contribution in [2.45, 2.75) is 0 Å². The molecule has 47 heavy (non-hydrogen) atoms. The average molecular weight is 602 g/mol. The topological polar surface area (TPSA) is 51.8 Å². The van der Waals surface area contributed by atoms with Gasteiger partial charge in [0.25, 0.3) is 0 Å². The summed E-state index contributed by atoms with van der Waals surface area (Å²) in [6.07, 6.45) is 0. The molecule has 0 N–H and O–H groups in total. The summed E-state index contributed by atoms with van der Waals surface area (Å²) >= 11 is 0. The summed E-state index contributed by atoms with van der Waals surface area (Å²) in [5.74, 6) is 1.93. The van der Waals surface area contributed by atoms with Crippen molar-refractivity contribution in [3.63, 3.8) is 0 Å². The second-order valence-corrected chi connectivity index (χ2v) is 11.7. The molecule has 0 radical (unpaired) electrons. The van der Waals surface area contributed by atoms with Crippen LogP contribution < -0.4 is 0 Å². The van der Waals surface area contributed by atoms with E-state index in [4.69, 9.17) is 19.4 Å². The molecule has 0 aliphatic rings. The number of nitrogens with zero attached hydrogens (tertiary/aromatic N) is 3. The Bertz CT molecular complexity index is 2500. The van der Waals surface area contributed by atoms with Gasteiger partial charge in [0.2, 0.25) is 0 Å². The lowest BCUT2D eigenvalue weighted by Crippen LogP contribution is -2.01. The number of fused-ring (bicyclic) bond motifs is 4. The van der Waals surface area contributed by atoms with Gasteiger partial charge >= 0.3 is 0 Å². The minimum Gasteiger partial charge on any atom is -0.456 e. The summed E-state index contributed by atoms with van der Waals surface area (Å²) in [5.41, 5.74) is 9.03. The Labute approximate surface area is 271 Å². The van der Waals surface area contributed by atoms with Gasteiger partial charge < -0.3 is 4.42 Å². The van der Waals surface area contributed by atoms with Gasteiger partial charge in [-0.15, -0.1) is 0 Å². The van der Waals surface area contributed by atoms with Gasteiger partial charge in [0, 0.05) is 27.5 Å². The molecule has 2 heterocycles. The molecule has 4 nitrogen and oxygen atoms in total. The first-order valence-electron chi connectivity index (χ1n) is 15.7. The van der Waals surface area contributed by atoms with Crippen LogP contribution in [-0.4, -0.2) is 15.0 Å². The quantitative estimate of drug-likeness (QED) is 0.197. The van der Waals surface area contributed by atoms with Crippen molar-refractivity contribution in [3.05, 3.63) is 164 Å². The second kappa shape index (κ2) is 11.2. The van der Waals surface area contributed by atoms with E-state index in [1.807, 2.05) is 66.7 Å². The summed E-state index contributed by atoms with van der Waals surface area (Å²) in [4.78, 5) is 14.8. The first-order chi connectivity index (χ1) is 23.3. The monoisotopic (exact) mass is 601 g/mol. The average Bonchev–Trinajstić information content (AvgIpc) is 3.51. The van der Waals surface area contributed by atoms with E-state index in [9.17, 15) is 0 Å². The van der Waals surface area contributed by atoms with Crippen LogP contribution in [0.2, 0.25) is 0 Å². The first-order valence-corrected chi connectivity index (χ1v) is 15.7. The zero-order valence-corrected chi connectivity index (χ0v) is 25.3. The van der Waals surface area contributed by atoms with Crippen molar-refractivity contribution < 1.29 is 4.42 Å². The summed E-state index contributed by atoms with van der Waals surface area (Å²) in [6, 6.07) is 56.4. The molecule has 7 aromatic carbocycles. The minimum absolute atomic E-state index is 0.639. The van der Waals surface area contributed by atoms with Crippen molar-refractivity contribution in [1.82, 2.24) is 15.0 Å². The van der Waals surface area contributed by atoms with Crippen molar-refractivity contribution in [1.29, 1.82) is 0 Å². The van der Waals surface area contributed by atoms with Crippen LogP contribution in [0.3, 0.4) is 0 Å². The highest BCUT2D eigenvalue weighted by Crippen LogP contribution is 2.36. The van der Waals surface area contributed by atoms with Crippen molar-refractivity contribution >= 4 is 32.7 Å². The molecule has 220 valence electrons. The van der Waals surface area contributed by atoms with Gasteiger partial charge in [0.05, 0.1) is 0 Å². The van der Waals surface area contributed by atoms with Gasteiger partial charge in [-0.25, -0.2) is 15.0 Å². The Morgan fingerprint density at radius 2 is 0.830 bits per heavy atom. The Balaban J connectivity index is 1.10. The summed E-state index contributed by atoms with van der Waals surface area (Å²) in [7, 11) is 0. The maximum absolute atomic E-state index is 6.34. The summed E-state index contributed by atoms with van der Waals surface area (Å²) < 4.78 is 6.34. The standard InChI is InChI=1S/C43H27N3O/c1-3-11-30(12-4-1)41-44-42(31-13-5-2-6-14-31)46-43(45-41)37-18-10-9-17-35(37)29-21-19-28(20-22-29)34-23-24-36-38-25-32-15-7-8-16-33(32)26-40(38)47-39(36)27-34/h1-27H. The van der Waals surface area contributed by atoms with Gasteiger partial charge in [0.15, 0.2) is 17.5 Å². The van der Waals surface area contributed by atoms with E-state index < -0.39 is 0 Å². The van der Waals surface area contributed by atoms with E-state index >= 15 is 0 Å². The van der Waals surface area contributed by atoms with E-state index in [0.29, 0.717) is 17.5 Å². The molecule has 4 heteroatoms. The molecule has 9 rings (SSSR count). The third kappa shape index (κ3) is 4.93. The maximum atomic E-state index is 6.34. The van der Waals surface area contributed by atoms with E-state index in [0.717, 1.165) is 60.9 Å². The van der Waals surface area contributed by atoms with E-state index in [1.54, 1.807) is 0 Å². The number of benzene rings is 7. The van der Waals surface area contributed by atoms with E-state index in [-0.39, 0.29) is 0 Å². The molecule has 0 amide bonds. The van der Waals surface area contributed by atoms with Crippen LogP contribution in [0.4, 0.5) is 0 Å². The van der Waals surface area contributed by atoms with Crippen LogP contribution >= 0.6 is 0 Å². The lowest BCUT2D eigenvalue weighted by Gasteiger charge is -2.12. The molecule has 0 fully saturated rings. The third-order valence-corrected chi connectivity index (χ3v) is 8.74. The van der Waals surface area contributed by atoms with Crippen LogP contribution in [0.25, 0.3) is 89.1 Å². The molecule has 0 saturated carbocycles. The summed E-state index contributed by atoms with van der Waals surface area (Å²) in [6.45, 7) is 0. The van der Waals surface area contributed by atoms with Crippen molar-refractivity contribution in [2.24, 2.45) is 0 Å². The van der Waals surface area contributed by atoms with Crippen LogP contribution in [-0.2, 0) is 0 Å². The van der Waals surface area contributed by atoms with Gasteiger partial charge in [0.1, 0.15) is 11.2 Å². The molecular weight excluding hydrogens is 574 g/mol. The molecule has 0 aliphatic carbocycles. The molecule has 0 spiro atoms. The fourth-order valence-electron chi connectivity index (χ4n) is 6.34. The molecule has 0 aliphatic heterocycles. The van der Waals surface area contributed by atoms with Gasteiger partial charge in [-0.1, -0.05) is 140 Å². The normalized spacial score (nSPS) is 11.4. The maximum Gasteiger partial charge on any atom is 0.164 e. The molecular formula is C43H27N3O. The Morgan fingerprint density at radius 3 is 1.51 bits per heavy atom. The zero-order valence-electron chi connectivity index (χ0n) is 25.3. The predicted molar refractivity (Wildman–Crippen MR) is 192 cm³/mol. The van der Waals surface area contributed by atoms with Crippen LogP contribution in [0, 0.1) is 0 Å². The van der Waals surface area contributed by atoms with E-state index in [1.165, 1.54) is 10.8 Å². The Morgan fingerprint density at radius 1 is 0.319 bits per heavy atom. The van der Waals surface area contributed by atoms with Gasteiger partial charge in [-0.05, 0) is 57.3 Å². The second-order valence-electron chi connectivity index (χ2n) is 11.7. The number of hydrogen-bond donors (Lipinski definition) is 0. The lowest BCUT2D eigenvalue weighted by molar-refractivity contribution is 0.669. The number of furan rings is 1. The minimum atomic E-state index is 0.639. The fraction of sp³-hybridized carbons (Fsp3) is 0. The predicted octanol–water partition coefficient (Wildman–Crippen LogP) is 11.3. The largest absolute Gasteiger partial charge is 0.456 e. The highest BCUT2D eigenvalue weighted by molar-refractivity contribution is 6.10. The number of rotatable bonds is 5. The Hall–Kier alpha value is -6.39. The van der Waals surface area contributed by atoms with Gasteiger partial charge in [-0.3, -0.25) is 0 Å². The molecule has 2 aromatic heterocycles. The fourth-order valence-corrected chi connectivity index (χ4v) is 6.34. The third-order valence-electron chi connectivity index (χ3n) is 8.74. The molecule has 9 aromatic rings. The van der Waals surface area contributed by atoms with Crippen molar-refractivity contribution in [2.75, 3.05) is 0 Å². The van der Waals surface area contributed by atoms with Crippen LogP contribution in [0.15, 0.2) is 168 Å². The highest BCUT2D eigenvalue weighted by atomic mass is 16.3. The van der Waals surface area contributed by atoms with Crippen molar-refractivity contribution in [3.8, 4) is 56.4 Å². The number of aromatic nitrogens is 3.